The molecule has 0 spiro atoms. The van der Waals surface area contributed by atoms with Crippen LogP contribution in [0.2, 0.25) is 0 Å². The molecule has 0 radical (unpaired) electrons. The van der Waals surface area contributed by atoms with Gasteiger partial charge in [-0.15, -0.1) is 0 Å². The summed E-state index contributed by atoms with van der Waals surface area (Å²) in [6.07, 6.45) is 0.821. The minimum absolute atomic E-state index is 0.0122. The Hall–Kier alpha value is -1.38. The SMILES string of the molecule is CC(C)CC(CN(C)C)NC(=O)c1ccc(S(=O)(=O)NC(C)(C)C)o1. The van der Waals surface area contributed by atoms with Crippen molar-refractivity contribution < 1.29 is 17.6 Å². The average Bonchev–Trinajstić information content (AvgIpc) is 2.83. The summed E-state index contributed by atoms with van der Waals surface area (Å²) in [5.41, 5.74) is -0.637. The second-order valence-corrected chi connectivity index (χ2v) is 9.65. The number of rotatable bonds is 8. The molecule has 1 rings (SSSR count). The summed E-state index contributed by atoms with van der Waals surface area (Å²) < 4.78 is 32.3. The zero-order chi connectivity index (χ0) is 19.4. The van der Waals surface area contributed by atoms with Gasteiger partial charge in [0.2, 0.25) is 5.09 Å². The molecule has 1 amide bonds. The lowest BCUT2D eigenvalue weighted by molar-refractivity contribution is 0.0891. The Kier molecular flexibility index (Phi) is 7.22. The van der Waals surface area contributed by atoms with Crippen molar-refractivity contribution >= 4 is 15.9 Å². The van der Waals surface area contributed by atoms with Gasteiger partial charge < -0.3 is 14.6 Å². The molecule has 25 heavy (non-hydrogen) atoms. The molecule has 1 atom stereocenters. The van der Waals surface area contributed by atoms with E-state index < -0.39 is 21.5 Å². The van der Waals surface area contributed by atoms with E-state index in [1.165, 1.54) is 12.1 Å². The van der Waals surface area contributed by atoms with Crippen LogP contribution in [0.25, 0.3) is 0 Å². The minimum atomic E-state index is -3.80. The Morgan fingerprint density at radius 3 is 2.32 bits per heavy atom. The van der Waals surface area contributed by atoms with Gasteiger partial charge in [-0.25, -0.2) is 13.1 Å². The van der Waals surface area contributed by atoms with Gasteiger partial charge >= 0.3 is 0 Å². The average molecular weight is 374 g/mol. The lowest BCUT2D eigenvalue weighted by Crippen LogP contribution is -2.42. The van der Waals surface area contributed by atoms with Crippen molar-refractivity contribution in [2.75, 3.05) is 20.6 Å². The van der Waals surface area contributed by atoms with Crippen molar-refractivity contribution in [2.24, 2.45) is 5.92 Å². The van der Waals surface area contributed by atoms with Gasteiger partial charge in [0.05, 0.1) is 0 Å². The zero-order valence-corrected chi connectivity index (χ0v) is 17.0. The lowest BCUT2D eigenvalue weighted by atomic mass is 10.0. The maximum atomic E-state index is 12.4. The number of furan rings is 1. The Labute approximate surface area is 151 Å². The maximum Gasteiger partial charge on any atom is 0.287 e. The van der Waals surface area contributed by atoms with Crippen LogP contribution >= 0.6 is 0 Å². The summed E-state index contributed by atoms with van der Waals surface area (Å²) in [6, 6.07) is 2.64. The van der Waals surface area contributed by atoms with E-state index in [1.54, 1.807) is 20.8 Å². The molecule has 144 valence electrons. The van der Waals surface area contributed by atoms with Crippen LogP contribution < -0.4 is 10.0 Å². The molecule has 0 saturated carbocycles. The van der Waals surface area contributed by atoms with Gasteiger partial charge in [-0.1, -0.05) is 13.8 Å². The second-order valence-electron chi connectivity index (χ2n) is 8.04. The molecule has 1 aromatic heterocycles. The van der Waals surface area contributed by atoms with Crippen LogP contribution in [0.3, 0.4) is 0 Å². The highest BCUT2D eigenvalue weighted by molar-refractivity contribution is 7.89. The van der Waals surface area contributed by atoms with E-state index in [4.69, 9.17) is 4.42 Å². The zero-order valence-electron chi connectivity index (χ0n) is 16.2. The molecule has 0 aliphatic carbocycles. The first-order valence-electron chi connectivity index (χ1n) is 8.39. The number of sulfonamides is 1. The molecule has 0 aromatic carbocycles. The number of carbonyl (C=O) groups is 1. The van der Waals surface area contributed by atoms with Gasteiger partial charge in [-0.3, -0.25) is 4.79 Å². The van der Waals surface area contributed by atoms with E-state index in [0.717, 1.165) is 6.42 Å². The van der Waals surface area contributed by atoms with Crippen molar-refractivity contribution in [1.82, 2.24) is 14.9 Å². The Balaban J connectivity index is 2.88. The normalized spacial score (nSPS) is 14.1. The number of nitrogens with zero attached hydrogens (tertiary/aromatic N) is 1. The molecule has 0 aliphatic heterocycles. The van der Waals surface area contributed by atoms with Crippen LogP contribution in [0.5, 0.6) is 0 Å². The Bertz CT molecular complexity index is 662. The monoisotopic (exact) mass is 373 g/mol. The predicted octanol–water partition coefficient (Wildman–Crippen LogP) is 2.06. The molecule has 1 heterocycles. The van der Waals surface area contributed by atoms with E-state index in [0.29, 0.717) is 12.5 Å². The van der Waals surface area contributed by atoms with Crippen molar-refractivity contribution in [3.05, 3.63) is 17.9 Å². The van der Waals surface area contributed by atoms with Crippen molar-refractivity contribution in [1.29, 1.82) is 0 Å². The first kappa shape index (κ1) is 21.7. The number of amides is 1. The summed E-state index contributed by atoms with van der Waals surface area (Å²) in [7, 11) is 0.0774. The minimum Gasteiger partial charge on any atom is -0.438 e. The molecule has 8 heteroatoms. The van der Waals surface area contributed by atoms with E-state index >= 15 is 0 Å². The quantitative estimate of drug-likeness (QED) is 0.728. The van der Waals surface area contributed by atoms with Crippen molar-refractivity contribution in [2.45, 2.75) is 57.7 Å². The number of hydrogen-bond donors (Lipinski definition) is 2. The molecular formula is C17H31N3O4S. The number of hydrogen-bond acceptors (Lipinski definition) is 5. The highest BCUT2D eigenvalue weighted by atomic mass is 32.2. The van der Waals surface area contributed by atoms with E-state index in [2.05, 4.69) is 23.9 Å². The lowest BCUT2D eigenvalue weighted by Gasteiger charge is -2.23. The molecule has 0 saturated heterocycles. The van der Waals surface area contributed by atoms with Gasteiger partial charge in [0.1, 0.15) is 0 Å². The summed E-state index contributed by atoms with van der Waals surface area (Å²) >= 11 is 0. The molecule has 2 N–H and O–H groups in total. The van der Waals surface area contributed by atoms with Crippen LogP contribution in [0.1, 0.15) is 51.6 Å². The van der Waals surface area contributed by atoms with E-state index in [9.17, 15) is 13.2 Å². The molecule has 0 fully saturated rings. The Morgan fingerprint density at radius 1 is 1.24 bits per heavy atom. The molecule has 7 nitrogen and oxygen atoms in total. The third-order valence-electron chi connectivity index (χ3n) is 3.19. The third kappa shape index (κ3) is 7.58. The fraction of sp³-hybridized carbons (Fsp3) is 0.706. The molecular weight excluding hydrogens is 342 g/mol. The predicted molar refractivity (Wildman–Crippen MR) is 98.0 cm³/mol. The van der Waals surface area contributed by atoms with Crippen LogP contribution in [0.4, 0.5) is 0 Å². The van der Waals surface area contributed by atoms with Gasteiger partial charge in [0.15, 0.2) is 5.76 Å². The standard InChI is InChI=1S/C17H31N3O4S/c1-12(2)10-13(11-20(6)7)18-16(21)14-8-9-15(24-14)25(22,23)19-17(3,4)5/h8-9,12-13,19H,10-11H2,1-7H3,(H,18,21). The van der Waals surface area contributed by atoms with Crippen molar-refractivity contribution in [3.8, 4) is 0 Å². The summed E-state index contributed by atoms with van der Waals surface area (Å²) in [4.78, 5) is 14.4. The van der Waals surface area contributed by atoms with E-state index in [1.807, 2.05) is 19.0 Å². The topological polar surface area (TPSA) is 91.7 Å². The Morgan fingerprint density at radius 2 is 1.84 bits per heavy atom. The van der Waals surface area contributed by atoms with Gasteiger partial charge in [0, 0.05) is 18.1 Å². The van der Waals surface area contributed by atoms with E-state index in [-0.39, 0.29) is 16.9 Å². The summed E-state index contributed by atoms with van der Waals surface area (Å²) in [5.74, 6) is 0.000260. The number of likely N-dealkylation sites (N-methyl/N-ethyl adjacent to an activating group) is 1. The highest BCUT2D eigenvalue weighted by Crippen LogP contribution is 2.17. The number of nitrogens with one attached hydrogen (secondary N) is 2. The fourth-order valence-electron chi connectivity index (χ4n) is 2.49. The largest absolute Gasteiger partial charge is 0.438 e. The van der Waals surface area contributed by atoms with Crippen molar-refractivity contribution in [3.63, 3.8) is 0 Å². The smallest absolute Gasteiger partial charge is 0.287 e. The summed E-state index contributed by atoms with van der Waals surface area (Å²) in [5, 5.41) is 2.66. The van der Waals surface area contributed by atoms with Gasteiger partial charge in [0.25, 0.3) is 15.9 Å². The summed E-state index contributed by atoms with van der Waals surface area (Å²) in [6.45, 7) is 10.1. The molecule has 0 bridgehead atoms. The second kappa shape index (κ2) is 8.33. The molecule has 0 aliphatic rings. The van der Waals surface area contributed by atoms with Crippen LogP contribution in [-0.2, 0) is 10.0 Å². The first-order chi connectivity index (χ1) is 11.3. The maximum absolute atomic E-state index is 12.4. The van der Waals surface area contributed by atoms with Gasteiger partial charge in [-0.05, 0) is 59.3 Å². The fourth-order valence-corrected chi connectivity index (χ4v) is 3.84. The van der Waals surface area contributed by atoms with Crippen LogP contribution in [0, 0.1) is 5.92 Å². The third-order valence-corrected chi connectivity index (χ3v) is 4.82. The molecule has 1 unspecified atom stereocenters. The molecule has 1 aromatic rings. The highest BCUT2D eigenvalue weighted by Gasteiger charge is 2.26. The van der Waals surface area contributed by atoms with Gasteiger partial charge in [-0.2, -0.15) is 0 Å². The number of carbonyl (C=O) groups excluding carboxylic acids is 1. The first-order valence-corrected chi connectivity index (χ1v) is 9.88. The van der Waals surface area contributed by atoms with Crippen LogP contribution in [0.15, 0.2) is 21.6 Å². The van der Waals surface area contributed by atoms with Crippen LogP contribution in [-0.4, -0.2) is 51.4 Å².